The number of ether oxygens (including phenoxy) is 2. The van der Waals surface area contributed by atoms with Crippen molar-refractivity contribution in [3.63, 3.8) is 0 Å². The molecule has 2 aromatic carbocycles. The number of nitrogens with one attached hydrogen (secondary N) is 2. The maximum Gasteiger partial charge on any atom is 0.268 e. The van der Waals surface area contributed by atoms with Crippen molar-refractivity contribution in [1.82, 2.24) is 10.6 Å². The second-order valence-electron chi connectivity index (χ2n) is 6.72. The van der Waals surface area contributed by atoms with Crippen LogP contribution in [0.25, 0.3) is 6.08 Å². The third-order valence-electron chi connectivity index (χ3n) is 4.64. The van der Waals surface area contributed by atoms with E-state index in [1.807, 2.05) is 48.7 Å². The fourth-order valence-electron chi connectivity index (χ4n) is 2.86. The van der Waals surface area contributed by atoms with E-state index in [9.17, 15) is 9.59 Å². The Balaban J connectivity index is 1.77. The first-order chi connectivity index (χ1) is 15.0. The molecule has 0 spiro atoms. The molecule has 0 fully saturated rings. The van der Waals surface area contributed by atoms with Crippen molar-refractivity contribution in [3.8, 4) is 11.5 Å². The number of hydrogen-bond donors (Lipinski definition) is 2. The van der Waals surface area contributed by atoms with Gasteiger partial charge in [-0.2, -0.15) is 0 Å². The molecule has 160 valence electrons. The third-order valence-corrected chi connectivity index (χ3v) is 5.46. The molecule has 6 nitrogen and oxygen atoms in total. The van der Waals surface area contributed by atoms with Crippen LogP contribution in [0.1, 0.15) is 33.8 Å². The van der Waals surface area contributed by atoms with Gasteiger partial charge < -0.3 is 20.1 Å². The number of benzene rings is 2. The number of carbonyl (C=O) groups is 2. The van der Waals surface area contributed by atoms with Crippen molar-refractivity contribution in [2.75, 3.05) is 14.2 Å². The third kappa shape index (κ3) is 5.96. The SMILES string of the molecule is COc1ccc(C(=O)N/C(=C\c2cccs2)C(=O)N[C@@H](C)c2ccc(OC)cc2)cc1. The highest BCUT2D eigenvalue weighted by molar-refractivity contribution is 7.10. The van der Waals surface area contributed by atoms with Crippen LogP contribution in [-0.2, 0) is 4.79 Å². The maximum absolute atomic E-state index is 13.0. The minimum Gasteiger partial charge on any atom is -0.497 e. The molecule has 0 aliphatic rings. The van der Waals surface area contributed by atoms with Crippen molar-refractivity contribution >= 4 is 29.2 Å². The number of thiophene rings is 1. The predicted molar refractivity (Wildman–Crippen MR) is 122 cm³/mol. The summed E-state index contributed by atoms with van der Waals surface area (Å²) in [4.78, 5) is 26.6. The predicted octanol–water partition coefficient (Wildman–Crippen LogP) is 4.41. The summed E-state index contributed by atoms with van der Waals surface area (Å²) in [5.41, 5.74) is 1.52. The summed E-state index contributed by atoms with van der Waals surface area (Å²) in [6, 6.07) is 17.7. The molecule has 0 unspecified atom stereocenters. The lowest BCUT2D eigenvalue weighted by molar-refractivity contribution is -0.118. The molecule has 0 saturated carbocycles. The second-order valence-corrected chi connectivity index (χ2v) is 7.70. The smallest absolute Gasteiger partial charge is 0.268 e. The van der Waals surface area contributed by atoms with E-state index in [2.05, 4.69) is 10.6 Å². The molecule has 1 aromatic heterocycles. The summed E-state index contributed by atoms with van der Waals surface area (Å²) in [5, 5.41) is 7.59. The summed E-state index contributed by atoms with van der Waals surface area (Å²) in [5.74, 6) is 0.639. The number of hydrogen-bond acceptors (Lipinski definition) is 5. The normalized spacial score (nSPS) is 12.0. The van der Waals surface area contributed by atoms with Gasteiger partial charge in [-0.3, -0.25) is 9.59 Å². The van der Waals surface area contributed by atoms with Gasteiger partial charge in [0.2, 0.25) is 0 Å². The molecule has 1 heterocycles. The fourth-order valence-corrected chi connectivity index (χ4v) is 3.52. The molecular weight excluding hydrogens is 412 g/mol. The van der Waals surface area contributed by atoms with Gasteiger partial charge in [-0.1, -0.05) is 18.2 Å². The Bertz CT molecular complexity index is 1040. The Kier molecular flexibility index (Phi) is 7.45. The highest BCUT2D eigenvalue weighted by Crippen LogP contribution is 2.19. The van der Waals surface area contributed by atoms with E-state index >= 15 is 0 Å². The standard InChI is InChI=1S/C24H24N2O4S/c1-16(17-6-10-19(29-2)11-7-17)25-24(28)22(15-21-5-4-14-31-21)26-23(27)18-8-12-20(30-3)13-9-18/h4-16H,1-3H3,(H,25,28)(H,26,27)/b22-15-/t16-/m0/s1. The van der Waals surface area contributed by atoms with Gasteiger partial charge in [0.05, 0.1) is 20.3 Å². The van der Waals surface area contributed by atoms with Crippen LogP contribution in [0.5, 0.6) is 11.5 Å². The van der Waals surface area contributed by atoms with Gasteiger partial charge in [0, 0.05) is 10.4 Å². The molecule has 2 amide bonds. The van der Waals surface area contributed by atoms with Crippen LogP contribution in [0, 0.1) is 0 Å². The lowest BCUT2D eigenvalue weighted by atomic mass is 10.1. The molecule has 3 aromatic rings. The Morgan fingerprint density at radius 2 is 1.55 bits per heavy atom. The minimum absolute atomic E-state index is 0.170. The van der Waals surface area contributed by atoms with Gasteiger partial charge in [0.1, 0.15) is 17.2 Å². The number of methoxy groups -OCH3 is 2. The Morgan fingerprint density at radius 3 is 2.10 bits per heavy atom. The molecule has 0 aliphatic carbocycles. The summed E-state index contributed by atoms with van der Waals surface area (Å²) in [7, 11) is 3.17. The quantitative estimate of drug-likeness (QED) is 0.513. The molecule has 0 radical (unpaired) electrons. The average Bonchev–Trinajstić information content (AvgIpc) is 3.31. The molecule has 7 heteroatoms. The summed E-state index contributed by atoms with van der Waals surface area (Å²) < 4.78 is 10.3. The van der Waals surface area contributed by atoms with Gasteiger partial charge in [-0.05, 0) is 66.4 Å². The summed E-state index contributed by atoms with van der Waals surface area (Å²) in [6.45, 7) is 1.88. The van der Waals surface area contributed by atoms with Gasteiger partial charge >= 0.3 is 0 Å². The summed E-state index contributed by atoms with van der Waals surface area (Å²) >= 11 is 1.48. The molecular formula is C24H24N2O4S. The molecule has 2 N–H and O–H groups in total. The van der Waals surface area contributed by atoms with Crippen LogP contribution >= 0.6 is 11.3 Å². The van der Waals surface area contributed by atoms with Crippen molar-refractivity contribution in [3.05, 3.63) is 87.7 Å². The first-order valence-electron chi connectivity index (χ1n) is 9.65. The van der Waals surface area contributed by atoms with Crippen LogP contribution in [0.15, 0.2) is 71.7 Å². The monoisotopic (exact) mass is 436 g/mol. The second kappa shape index (κ2) is 10.4. The topological polar surface area (TPSA) is 76.7 Å². The van der Waals surface area contributed by atoms with E-state index in [-0.39, 0.29) is 23.6 Å². The molecule has 31 heavy (non-hydrogen) atoms. The first-order valence-corrected chi connectivity index (χ1v) is 10.5. The highest BCUT2D eigenvalue weighted by Gasteiger charge is 2.18. The zero-order valence-corrected chi connectivity index (χ0v) is 18.4. The summed E-state index contributed by atoms with van der Waals surface area (Å²) in [6.07, 6.45) is 1.67. The zero-order chi connectivity index (χ0) is 22.2. The molecule has 3 rings (SSSR count). The van der Waals surface area contributed by atoms with Crippen molar-refractivity contribution in [2.24, 2.45) is 0 Å². The van der Waals surface area contributed by atoms with E-state index in [1.165, 1.54) is 11.3 Å². The van der Waals surface area contributed by atoms with Gasteiger partial charge in [-0.25, -0.2) is 0 Å². The van der Waals surface area contributed by atoms with E-state index in [0.29, 0.717) is 11.3 Å². The maximum atomic E-state index is 13.0. The van der Waals surface area contributed by atoms with Crippen molar-refractivity contribution in [1.29, 1.82) is 0 Å². The lowest BCUT2D eigenvalue weighted by Crippen LogP contribution is -2.36. The average molecular weight is 437 g/mol. The highest BCUT2D eigenvalue weighted by atomic mass is 32.1. The molecule has 0 bridgehead atoms. The molecule has 0 saturated heterocycles. The van der Waals surface area contributed by atoms with E-state index in [0.717, 1.165) is 16.2 Å². The van der Waals surface area contributed by atoms with Crippen LogP contribution < -0.4 is 20.1 Å². The van der Waals surface area contributed by atoms with Crippen LogP contribution in [-0.4, -0.2) is 26.0 Å². The molecule has 1 atom stereocenters. The number of amides is 2. The van der Waals surface area contributed by atoms with Crippen LogP contribution in [0.3, 0.4) is 0 Å². The fraction of sp³-hybridized carbons (Fsp3) is 0.167. The van der Waals surface area contributed by atoms with Crippen LogP contribution in [0.2, 0.25) is 0 Å². The van der Waals surface area contributed by atoms with E-state index < -0.39 is 0 Å². The Labute approximate surface area is 185 Å². The largest absolute Gasteiger partial charge is 0.497 e. The lowest BCUT2D eigenvalue weighted by Gasteiger charge is -2.17. The van der Waals surface area contributed by atoms with Crippen LogP contribution in [0.4, 0.5) is 0 Å². The van der Waals surface area contributed by atoms with Crippen molar-refractivity contribution < 1.29 is 19.1 Å². The zero-order valence-electron chi connectivity index (χ0n) is 17.5. The van der Waals surface area contributed by atoms with Gasteiger partial charge in [0.25, 0.3) is 11.8 Å². The number of carbonyl (C=O) groups excluding carboxylic acids is 2. The molecule has 0 aliphatic heterocycles. The minimum atomic E-state index is -0.377. The Morgan fingerprint density at radius 1 is 0.935 bits per heavy atom. The first kappa shape index (κ1) is 22.1. The van der Waals surface area contributed by atoms with E-state index in [4.69, 9.17) is 9.47 Å². The van der Waals surface area contributed by atoms with Gasteiger partial charge in [0.15, 0.2) is 0 Å². The van der Waals surface area contributed by atoms with Crippen molar-refractivity contribution in [2.45, 2.75) is 13.0 Å². The Hall–Kier alpha value is -3.58. The number of rotatable bonds is 8. The van der Waals surface area contributed by atoms with Gasteiger partial charge in [-0.15, -0.1) is 11.3 Å². The van der Waals surface area contributed by atoms with E-state index in [1.54, 1.807) is 44.6 Å².